The molecule has 1 unspecified atom stereocenters. The fraction of sp³-hybridized carbons (Fsp3) is 0.381. The van der Waals surface area contributed by atoms with Gasteiger partial charge in [-0.25, -0.2) is 4.98 Å². The third-order valence-electron chi connectivity index (χ3n) is 4.90. The summed E-state index contributed by atoms with van der Waals surface area (Å²) in [7, 11) is 3.11. The van der Waals surface area contributed by atoms with Crippen molar-refractivity contribution >= 4 is 39.2 Å². The molecule has 0 spiro atoms. The van der Waals surface area contributed by atoms with Crippen LogP contribution in [0.25, 0.3) is 0 Å². The lowest BCUT2D eigenvalue weighted by molar-refractivity contribution is -0.123. The topological polar surface area (TPSA) is 92.8 Å². The smallest absolute Gasteiger partial charge is 0.238 e. The second-order valence-electron chi connectivity index (χ2n) is 7.04. The molecule has 3 rings (SSSR count). The quantitative estimate of drug-likeness (QED) is 0.637. The minimum Gasteiger partial charge on any atom is -0.497 e. The van der Waals surface area contributed by atoms with Gasteiger partial charge < -0.3 is 20.1 Å². The van der Waals surface area contributed by atoms with Gasteiger partial charge in [-0.2, -0.15) is 0 Å². The van der Waals surface area contributed by atoms with E-state index in [0.717, 1.165) is 23.9 Å². The van der Waals surface area contributed by atoms with Gasteiger partial charge in [-0.1, -0.05) is 0 Å². The van der Waals surface area contributed by atoms with Gasteiger partial charge in [0.25, 0.3) is 0 Å². The van der Waals surface area contributed by atoms with E-state index in [4.69, 9.17) is 9.47 Å². The van der Waals surface area contributed by atoms with Crippen LogP contribution in [0.4, 0.5) is 11.5 Å². The number of hydrogen-bond acceptors (Lipinski definition) is 6. The Labute approximate surface area is 184 Å². The first kappa shape index (κ1) is 22.0. The molecule has 30 heavy (non-hydrogen) atoms. The van der Waals surface area contributed by atoms with Crippen molar-refractivity contribution < 1.29 is 19.1 Å². The summed E-state index contributed by atoms with van der Waals surface area (Å²) >= 11 is 3.32. The van der Waals surface area contributed by atoms with Gasteiger partial charge in [0.2, 0.25) is 11.8 Å². The number of rotatable bonds is 7. The molecule has 1 fully saturated rings. The van der Waals surface area contributed by atoms with Crippen LogP contribution in [0.1, 0.15) is 12.8 Å². The lowest BCUT2D eigenvalue weighted by atomic mass is 9.97. The summed E-state index contributed by atoms with van der Waals surface area (Å²) in [6.07, 6.45) is 3.28. The third kappa shape index (κ3) is 5.93. The monoisotopic (exact) mass is 476 g/mol. The SMILES string of the molecule is COc1ccc(NC(=O)CN2CCCC(C(=O)Nc3ccc(Br)cn3)C2)c(OC)c1. The van der Waals surface area contributed by atoms with E-state index in [1.807, 2.05) is 11.0 Å². The first-order valence-electron chi connectivity index (χ1n) is 9.65. The summed E-state index contributed by atoms with van der Waals surface area (Å²) in [4.78, 5) is 31.3. The predicted octanol–water partition coefficient (Wildman–Crippen LogP) is 3.15. The van der Waals surface area contributed by atoms with Crippen LogP contribution in [0.3, 0.4) is 0 Å². The Bertz CT molecular complexity index is 891. The van der Waals surface area contributed by atoms with Crippen molar-refractivity contribution in [3.63, 3.8) is 0 Å². The Morgan fingerprint density at radius 1 is 1.20 bits per heavy atom. The van der Waals surface area contributed by atoms with Crippen LogP contribution in [-0.2, 0) is 9.59 Å². The Balaban J connectivity index is 1.54. The summed E-state index contributed by atoms with van der Waals surface area (Å²) in [5, 5.41) is 5.73. The molecule has 8 nitrogen and oxygen atoms in total. The van der Waals surface area contributed by atoms with Gasteiger partial charge in [-0.05, 0) is 59.6 Å². The molecule has 1 aromatic carbocycles. The molecule has 0 radical (unpaired) electrons. The minimum atomic E-state index is -0.187. The average molecular weight is 477 g/mol. The first-order valence-corrected chi connectivity index (χ1v) is 10.4. The number of halogens is 1. The minimum absolute atomic E-state index is 0.0771. The van der Waals surface area contributed by atoms with Crippen LogP contribution in [0.15, 0.2) is 41.0 Å². The molecule has 0 aliphatic carbocycles. The van der Waals surface area contributed by atoms with Crippen molar-refractivity contribution in [1.29, 1.82) is 0 Å². The van der Waals surface area contributed by atoms with Crippen LogP contribution in [0.5, 0.6) is 11.5 Å². The highest BCUT2D eigenvalue weighted by Crippen LogP contribution is 2.29. The van der Waals surface area contributed by atoms with Crippen LogP contribution in [0.2, 0.25) is 0 Å². The largest absolute Gasteiger partial charge is 0.497 e. The highest BCUT2D eigenvalue weighted by Gasteiger charge is 2.27. The van der Waals surface area contributed by atoms with E-state index < -0.39 is 0 Å². The molecule has 1 atom stereocenters. The molecule has 0 bridgehead atoms. The maximum Gasteiger partial charge on any atom is 0.238 e. The van der Waals surface area contributed by atoms with Crippen molar-refractivity contribution in [2.24, 2.45) is 5.92 Å². The number of benzene rings is 1. The van der Waals surface area contributed by atoms with Gasteiger partial charge >= 0.3 is 0 Å². The third-order valence-corrected chi connectivity index (χ3v) is 5.37. The van der Waals surface area contributed by atoms with E-state index in [2.05, 4.69) is 31.5 Å². The Hall–Kier alpha value is -2.65. The summed E-state index contributed by atoms with van der Waals surface area (Å²) in [6, 6.07) is 8.79. The average Bonchev–Trinajstić information content (AvgIpc) is 2.75. The van der Waals surface area contributed by atoms with Crippen LogP contribution < -0.4 is 20.1 Å². The van der Waals surface area contributed by atoms with Gasteiger partial charge in [0.15, 0.2) is 0 Å². The van der Waals surface area contributed by atoms with E-state index in [-0.39, 0.29) is 24.3 Å². The summed E-state index contributed by atoms with van der Waals surface area (Å²) in [6.45, 7) is 1.50. The molecule has 1 aromatic heterocycles. The second kappa shape index (κ2) is 10.4. The Kier molecular flexibility index (Phi) is 7.64. The van der Waals surface area contributed by atoms with E-state index in [9.17, 15) is 9.59 Å². The number of methoxy groups -OCH3 is 2. The number of nitrogens with one attached hydrogen (secondary N) is 2. The van der Waals surface area contributed by atoms with E-state index >= 15 is 0 Å². The molecule has 2 amide bonds. The van der Waals surface area contributed by atoms with E-state index in [0.29, 0.717) is 29.5 Å². The number of piperidine rings is 1. The molecule has 2 N–H and O–H groups in total. The number of nitrogens with zero attached hydrogens (tertiary/aromatic N) is 2. The normalized spacial score (nSPS) is 16.6. The number of pyridine rings is 1. The zero-order chi connectivity index (χ0) is 21.5. The number of ether oxygens (including phenoxy) is 2. The number of carbonyl (C=O) groups is 2. The number of aromatic nitrogens is 1. The number of likely N-dealkylation sites (tertiary alicyclic amines) is 1. The van der Waals surface area contributed by atoms with Gasteiger partial charge in [0.1, 0.15) is 17.3 Å². The van der Waals surface area contributed by atoms with E-state index in [1.165, 1.54) is 0 Å². The molecule has 1 aliphatic heterocycles. The number of carbonyl (C=O) groups excluding carboxylic acids is 2. The van der Waals surface area contributed by atoms with E-state index in [1.54, 1.807) is 44.7 Å². The van der Waals surface area contributed by atoms with Crippen molar-refractivity contribution in [1.82, 2.24) is 9.88 Å². The zero-order valence-electron chi connectivity index (χ0n) is 17.0. The summed E-state index contributed by atoms with van der Waals surface area (Å²) in [5.74, 6) is 1.27. The van der Waals surface area contributed by atoms with Crippen LogP contribution in [0, 0.1) is 5.92 Å². The van der Waals surface area contributed by atoms with Crippen molar-refractivity contribution in [2.45, 2.75) is 12.8 Å². The molecule has 9 heteroatoms. The highest BCUT2D eigenvalue weighted by molar-refractivity contribution is 9.10. The number of amides is 2. The molecule has 0 saturated carbocycles. The maximum atomic E-state index is 12.6. The van der Waals surface area contributed by atoms with Gasteiger partial charge in [-0.15, -0.1) is 0 Å². The molecule has 1 aliphatic rings. The van der Waals surface area contributed by atoms with Gasteiger partial charge in [0, 0.05) is 23.3 Å². The zero-order valence-corrected chi connectivity index (χ0v) is 18.6. The second-order valence-corrected chi connectivity index (χ2v) is 7.96. The molecule has 160 valence electrons. The summed E-state index contributed by atoms with van der Waals surface area (Å²) < 4.78 is 11.3. The standard InChI is InChI=1S/C21H25BrN4O4/c1-29-16-6-7-17(18(10-16)30-2)24-20(27)13-26-9-3-4-14(12-26)21(28)25-19-8-5-15(22)11-23-19/h5-8,10-11,14H,3-4,9,12-13H2,1-2H3,(H,24,27)(H,23,25,28). The predicted molar refractivity (Wildman–Crippen MR) is 118 cm³/mol. The highest BCUT2D eigenvalue weighted by atomic mass is 79.9. The Morgan fingerprint density at radius 3 is 2.73 bits per heavy atom. The number of anilines is 2. The van der Waals surface area contributed by atoms with Crippen molar-refractivity contribution in [3.05, 3.63) is 41.0 Å². The molecule has 1 saturated heterocycles. The Morgan fingerprint density at radius 2 is 2.03 bits per heavy atom. The van der Waals surface area contributed by atoms with Gasteiger partial charge in [0.05, 0.1) is 32.4 Å². The maximum absolute atomic E-state index is 12.6. The molecule has 2 aromatic rings. The van der Waals surface area contributed by atoms with Crippen molar-refractivity contribution in [3.8, 4) is 11.5 Å². The summed E-state index contributed by atoms with van der Waals surface area (Å²) in [5.41, 5.74) is 0.580. The lowest BCUT2D eigenvalue weighted by Gasteiger charge is -2.31. The van der Waals surface area contributed by atoms with Crippen LogP contribution >= 0.6 is 15.9 Å². The van der Waals surface area contributed by atoms with Gasteiger partial charge in [-0.3, -0.25) is 14.5 Å². The lowest BCUT2D eigenvalue weighted by Crippen LogP contribution is -2.44. The first-order chi connectivity index (χ1) is 14.5. The fourth-order valence-electron chi connectivity index (χ4n) is 3.39. The van der Waals surface area contributed by atoms with Crippen LogP contribution in [-0.4, -0.2) is 55.6 Å². The fourth-order valence-corrected chi connectivity index (χ4v) is 3.62. The molecular weight excluding hydrogens is 452 g/mol. The number of hydrogen-bond donors (Lipinski definition) is 2. The van der Waals surface area contributed by atoms with Crippen molar-refractivity contribution in [2.75, 3.05) is 44.5 Å². The molecular formula is C21H25BrN4O4. The molecule has 2 heterocycles.